The van der Waals surface area contributed by atoms with Gasteiger partial charge in [-0.3, -0.25) is 0 Å². The number of hydrogen-bond acceptors (Lipinski definition) is 4. The van der Waals surface area contributed by atoms with E-state index in [1.165, 1.54) is 32.7 Å². The van der Waals surface area contributed by atoms with Crippen molar-refractivity contribution in [2.24, 2.45) is 0 Å². The first-order chi connectivity index (χ1) is 23.8. The Morgan fingerprint density at radius 2 is 0.771 bits per heavy atom. The van der Waals surface area contributed by atoms with E-state index in [1.807, 2.05) is 12.4 Å². The minimum atomic E-state index is 0.867. The van der Waals surface area contributed by atoms with Crippen molar-refractivity contribution in [1.29, 1.82) is 0 Å². The molecule has 0 aliphatic heterocycles. The lowest BCUT2D eigenvalue weighted by Crippen LogP contribution is -1.97. The second-order valence-corrected chi connectivity index (χ2v) is 12.3. The van der Waals surface area contributed by atoms with Crippen LogP contribution in [0.5, 0.6) is 0 Å². The molecule has 0 saturated carbocycles. The van der Waals surface area contributed by atoms with Crippen molar-refractivity contribution in [1.82, 2.24) is 20.4 Å². The highest BCUT2D eigenvalue weighted by atomic mass is 15.1. The molecule has 4 heteroatoms. The summed E-state index contributed by atoms with van der Waals surface area (Å²) in [4.78, 5) is 0. The second kappa shape index (κ2) is 10.5. The third kappa shape index (κ3) is 3.96. The highest BCUT2D eigenvalue weighted by Gasteiger charge is 2.23. The Morgan fingerprint density at radius 3 is 1.35 bits per heavy atom. The molecule has 0 saturated heterocycles. The van der Waals surface area contributed by atoms with Gasteiger partial charge in [-0.25, -0.2) is 0 Å². The summed E-state index contributed by atoms with van der Waals surface area (Å²) < 4.78 is 0. The van der Waals surface area contributed by atoms with E-state index in [9.17, 15) is 0 Å². The molecule has 0 atom stereocenters. The third-order valence-electron chi connectivity index (χ3n) is 9.70. The van der Waals surface area contributed by atoms with Crippen molar-refractivity contribution in [2.75, 3.05) is 0 Å². The van der Waals surface area contributed by atoms with Crippen molar-refractivity contribution in [3.8, 4) is 33.6 Å². The molecule has 48 heavy (non-hydrogen) atoms. The first-order valence-corrected chi connectivity index (χ1v) is 16.1. The molecule has 0 fully saturated rings. The summed E-state index contributed by atoms with van der Waals surface area (Å²) in [6, 6.07) is 51.9. The summed E-state index contributed by atoms with van der Waals surface area (Å²) in [6.45, 7) is 0. The Kier molecular flexibility index (Phi) is 5.84. The molecule has 0 aliphatic rings. The van der Waals surface area contributed by atoms with Gasteiger partial charge in [-0.15, -0.1) is 10.2 Å². The number of rotatable bonds is 3. The molecule has 0 unspecified atom stereocenters. The number of aromatic nitrogens is 4. The van der Waals surface area contributed by atoms with Gasteiger partial charge < -0.3 is 0 Å². The van der Waals surface area contributed by atoms with Crippen LogP contribution in [0.1, 0.15) is 0 Å². The van der Waals surface area contributed by atoms with Gasteiger partial charge in [0.1, 0.15) is 11.4 Å². The molecular formula is C44H26N4. The molecule has 2 aromatic heterocycles. The van der Waals surface area contributed by atoms with E-state index in [0.717, 1.165) is 65.6 Å². The van der Waals surface area contributed by atoms with Gasteiger partial charge in [0.15, 0.2) is 0 Å². The molecule has 2 heterocycles. The largest absolute Gasteiger partial charge is 0.158 e. The Hall–Kier alpha value is -6.52. The molecule has 222 valence electrons. The van der Waals surface area contributed by atoms with Gasteiger partial charge in [-0.1, -0.05) is 127 Å². The number of fused-ring (bicyclic) bond motifs is 7. The molecule has 10 aromatic rings. The van der Waals surface area contributed by atoms with Crippen molar-refractivity contribution in [3.63, 3.8) is 0 Å². The van der Waals surface area contributed by atoms with Crippen LogP contribution in [0.3, 0.4) is 0 Å². The van der Waals surface area contributed by atoms with Crippen LogP contribution in [0.4, 0.5) is 0 Å². The summed E-state index contributed by atoms with van der Waals surface area (Å²) in [5.74, 6) is 0. The van der Waals surface area contributed by atoms with Crippen molar-refractivity contribution >= 4 is 64.6 Å². The lowest BCUT2D eigenvalue weighted by molar-refractivity contribution is 1.06. The minimum absolute atomic E-state index is 0.867. The maximum Gasteiger partial charge on any atom is 0.102 e. The summed E-state index contributed by atoms with van der Waals surface area (Å²) in [6.07, 6.45) is 3.69. The van der Waals surface area contributed by atoms with E-state index in [-0.39, 0.29) is 0 Å². The second-order valence-electron chi connectivity index (χ2n) is 12.3. The monoisotopic (exact) mass is 610 g/mol. The first-order valence-electron chi connectivity index (χ1n) is 16.1. The zero-order valence-corrected chi connectivity index (χ0v) is 25.8. The lowest BCUT2D eigenvalue weighted by Gasteiger charge is -2.20. The molecule has 0 radical (unpaired) electrons. The van der Waals surface area contributed by atoms with Gasteiger partial charge in [0.2, 0.25) is 0 Å². The van der Waals surface area contributed by atoms with Gasteiger partial charge in [0, 0.05) is 32.7 Å². The zero-order valence-electron chi connectivity index (χ0n) is 25.8. The molecule has 0 spiro atoms. The van der Waals surface area contributed by atoms with Crippen molar-refractivity contribution < 1.29 is 0 Å². The van der Waals surface area contributed by atoms with E-state index in [1.54, 1.807) is 0 Å². The van der Waals surface area contributed by atoms with E-state index in [2.05, 4.69) is 156 Å². The van der Waals surface area contributed by atoms with Crippen LogP contribution in [0.15, 0.2) is 158 Å². The molecule has 0 N–H and O–H groups in total. The fourth-order valence-electron chi connectivity index (χ4n) is 7.56. The normalized spacial score (nSPS) is 11.8. The SMILES string of the molecule is c1ccc(-c2cc3ccccc3c3cc4c(-c5nncc6ccccc56)c5ccccc5c(-c5nncc6ccccc56)c4cc23)cc1. The van der Waals surface area contributed by atoms with Crippen molar-refractivity contribution in [2.45, 2.75) is 0 Å². The molecule has 0 amide bonds. The standard InChI is InChI=1S/C44H26N4/c1-2-12-27(13-3-1)36-22-28-14-4-7-17-31(28)37-23-39-40(24-38(36)37)42(44-33-19-9-6-16-30(33)26-46-48-44)35-21-11-10-20-34(35)41(39)43-32-18-8-5-15-29(32)25-45-47-43/h1-26H. The average Bonchev–Trinajstić information content (AvgIpc) is 3.16. The fraction of sp³-hybridized carbons (Fsp3) is 0. The van der Waals surface area contributed by atoms with Gasteiger partial charge in [0.05, 0.1) is 12.4 Å². The number of hydrogen-bond donors (Lipinski definition) is 0. The lowest BCUT2D eigenvalue weighted by atomic mass is 9.84. The van der Waals surface area contributed by atoms with Crippen LogP contribution in [-0.2, 0) is 0 Å². The molecule has 10 rings (SSSR count). The quantitative estimate of drug-likeness (QED) is 0.147. The van der Waals surface area contributed by atoms with Gasteiger partial charge in [-0.05, 0) is 72.4 Å². The summed E-state index contributed by atoms with van der Waals surface area (Å²) >= 11 is 0. The van der Waals surface area contributed by atoms with Gasteiger partial charge in [-0.2, -0.15) is 10.2 Å². The highest BCUT2D eigenvalue weighted by Crippen LogP contribution is 2.48. The molecule has 0 bridgehead atoms. The van der Waals surface area contributed by atoms with Crippen LogP contribution in [0, 0.1) is 0 Å². The number of benzene rings is 8. The highest BCUT2D eigenvalue weighted by molar-refractivity contribution is 6.28. The zero-order chi connectivity index (χ0) is 31.6. The number of nitrogens with zero attached hydrogens (tertiary/aromatic N) is 4. The Morgan fingerprint density at radius 1 is 0.312 bits per heavy atom. The smallest absolute Gasteiger partial charge is 0.102 e. The maximum absolute atomic E-state index is 4.86. The molecule has 4 nitrogen and oxygen atoms in total. The van der Waals surface area contributed by atoms with E-state index in [0.29, 0.717) is 0 Å². The summed E-state index contributed by atoms with van der Waals surface area (Å²) in [5, 5.41) is 32.2. The van der Waals surface area contributed by atoms with Crippen LogP contribution in [0.2, 0.25) is 0 Å². The third-order valence-corrected chi connectivity index (χ3v) is 9.70. The first kappa shape index (κ1) is 26.7. The Bertz CT molecular complexity index is 2890. The topological polar surface area (TPSA) is 51.6 Å². The van der Waals surface area contributed by atoms with E-state index >= 15 is 0 Å². The molecular weight excluding hydrogens is 585 g/mol. The molecule has 8 aromatic carbocycles. The predicted molar refractivity (Wildman–Crippen MR) is 199 cm³/mol. The fourth-order valence-corrected chi connectivity index (χ4v) is 7.56. The minimum Gasteiger partial charge on any atom is -0.158 e. The maximum atomic E-state index is 4.86. The Labute approximate surface area is 276 Å². The van der Waals surface area contributed by atoms with Gasteiger partial charge in [0.25, 0.3) is 0 Å². The van der Waals surface area contributed by atoms with E-state index in [4.69, 9.17) is 10.2 Å². The van der Waals surface area contributed by atoms with Crippen molar-refractivity contribution in [3.05, 3.63) is 158 Å². The van der Waals surface area contributed by atoms with Crippen LogP contribution >= 0.6 is 0 Å². The summed E-state index contributed by atoms with van der Waals surface area (Å²) in [7, 11) is 0. The van der Waals surface area contributed by atoms with Gasteiger partial charge >= 0.3 is 0 Å². The average molecular weight is 611 g/mol. The summed E-state index contributed by atoms with van der Waals surface area (Å²) in [5.41, 5.74) is 6.24. The van der Waals surface area contributed by atoms with Crippen LogP contribution in [-0.4, -0.2) is 20.4 Å². The van der Waals surface area contributed by atoms with Crippen LogP contribution < -0.4 is 0 Å². The molecule has 0 aliphatic carbocycles. The predicted octanol–water partition coefficient (Wildman–Crippen LogP) is 11.2. The van der Waals surface area contributed by atoms with Crippen LogP contribution in [0.25, 0.3) is 98.3 Å². The van der Waals surface area contributed by atoms with E-state index < -0.39 is 0 Å². The Balaban J connectivity index is 1.48.